The van der Waals surface area contributed by atoms with Gasteiger partial charge in [-0.15, -0.1) is 0 Å². The van der Waals surface area contributed by atoms with Crippen LogP contribution in [0.3, 0.4) is 0 Å². The maximum Gasteiger partial charge on any atom is 0.253 e. The van der Waals surface area contributed by atoms with E-state index < -0.39 is 6.10 Å². The van der Waals surface area contributed by atoms with Crippen molar-refractivity contribution >= 4 is 5.91 Å². The average Bonchev–Trinajstić information content (AvgIpc) is 2.54. The van der Waals surface area contributed by atoms with Crippen LogP contribution in [0.1, 0.15) is 35.2 Å². The van der Waals surface area contributed by atoms with E-state index in [1.165, 1.54) is 5.56 Å². The van der Waals surface area contributed by atoms with Crippen molar-refractivity contribution in [2.45, 2.75) is 44.1 Å². The lowest BCUT2D eigenvalue weighted by molar-refractivity contribution is -0.0714. The Bertz CT molecular complexity index is 516. The van der Waals surface area contributed by atoms with E-state index in [4.69, 9.17) is 4.74 Å². The van der Waals surface area contributed by atoms with E-state index in [0.717, 1.165) is 25.8 Å². The molecule has 1 aliphatic carbocycles. The van der Waals surface area contributed by atoms with Gasteiger partial charge in [-0.3, -0.25) is 4.79 Å². The summed E-state index contributed by atoms with van der Waals surface area (Å²) >= 11 is 0. The normalized spacial score (nSPS) is 24.7. The van der Waals surface area contributed by atoms with Crippen LogP contribution in [0.15, 0.2) is 24.3 Å². The van der Waals surface area contributed by atoms with Crippen molar-refractivity contribution in [1.29, 1.82) is 0 Å². The third-order valence-electron chi connectivity index (χ3n) is 4.58. The number of ether oxygens (including phenoxy) is 1. The number of amides is 1. The van der Waals surface area contributed by atoms with Gasteiger partial charge >= 0.3 is 0 Å². The molecular weight excluding hydrogens is 292 g/mol. The number of aliphatic hydroxyl groups is 1. The van der Waals surface area contributed by atoms with Crippen LogP contribution in [0.2, 0.25) is 0 Å². The van der Waals surface area contributed by atoms with Crippen molar-refractivity contribution in [2.75, 3.05) is 28.3 Å². The van der Waals surface area contributed by atoms with Crippen molar-refractivity contribution < 1.29 is 14.6 Å². The Morgan fingerprint density at radius 3 is 2.43 bits per heavy atom. The van der Waals surface area contributed by atoms with Crippen molar-refractivity contribution in [3.05, 3.63) is 35.4 Å². The number of benzene rings is 1. The predicted octanol–water partition coefficient (Wildman–Crippen LogP) is 1.75. The van der Waals surface area contributed by atoms with Gasteiger partial charge in [-0.2, -0.15) is 0 Å². The van der Waals surface area contributed by atoms with Crippen LogP contribution in [0, 0.1) is 0 Å². The van der Waals surface area contributed by atoms with Crippen LogP contribution in [0.25, 0.3) is 0 Å². The molecule has 1 aliphatic rings. The van der Waals surface area contributed by atoms with Gasteiger partial charge in [0.1, 0.15) is 6.10 Å². The van der Waals surface area contributed by atoms with E-state index in [1.807, 2.05) is 38.4 Å². The van der Waals surface area contributed by atoms with Crippen LogP contribution < -0.4 is 0 Å². The van der Waals surface area contributed by atoms with Gasteiger partial charge in [0.2, 0.25) is 0 Å². The van der Waals surface area contributed by atoms with Gasteiger partial charge in [0.15, 0.2) is 0 Å². The van der Waals surface area contributed by atoms with Gasteiger partial charge in [0, 0.05) is 26.3 Å². The minimum absolute atomic E-state index is 0.0535. The summed E-state index contributed by atoms with van der Waals surface area (Å²) in [4.78, 5) is 16.4. The van der Waals surface area contributed by atoms with Gasteiger partial charge < -0.3 is 19.6 Å². The number of carbonyl (C=O) groups is 1. The lowest BCUT2D eigenvalue weighted by Gasteiger charge is -2.39. The summed E-state index contributed by atoms with van der Waals surface area (Å²) in [6, 6.07) is 7.50. The topological polar surface area (TPSA) is 53.0 Å². The SMILES string of the molecule is CO[C@@H]1CCC[C@@H](N(C)C(=O)c2ccc(CN(C)C)cc2)[C@H]1O. The maximum absolute atomic E-state index is 12.7. The van der Waals surface area contributed by atoms with Crippen LogP contribution >= 0.6 is 0 Å². The van der Waals surface area contributed by atoms with Crippen LogP contribution in [0.4, 0.5) is 0 Å². The number of rotatable bonds is 5. The summed E-state index contributed by atoms with van der Waals surface area (Å²) in [7, 11) is 7.41. The minimum Gasteiger partial charge on any atom is -0.388 e. The highest BCUT2D eigenvalue weighted by atomic mass is 16.5. The van der Waals surface area contributed by atoms with Gasteiger partial charge in [0.25, 0.3) is 5.91 Å². The molecule has 1 aromatic carbocycles. The molecule has 5 heteroatoms. The van der Waals surface area contributed by atoms with Gasteiger partial charge in [0.05, 0.1) is 12.1 Å². The zero-order valence-corrected chi connectivity index (χ0v) is 14.5. The molecule has 1 amide bonds. The molecule has 3 atom stereocenters. The second-order valence-corrected chi connectivity index (χ2v) is 6.61. The molecule has 1 aromatic rings. The summed E-state index contributed by atoms with van der Waals surface area (Å²) in [5.74, 6) is -0.0535. The zero-order chi connectivity index (χ0) is 17.0. The summed E-state index contributed by atoms with van der Waals surface area (Å²) < 4.78 is 5.33. The molecule has 0 aliphatic heterocycles. The van der Waals surface area contributed by atoms with Gasteiger partial charge in [-0.25, -0.2) is 0 Å². The summed E-state index contributed by atoms with van der Waals surface area (Å²) in [6.45, 7) is 0.848. The Hall–Kier alpha value is -1.43. The largest absolute Gasteiger partial charge is 0.388 e. The molecule has 0 bridgehead atoms. The molecule has 0 saturated heterocycles. The van der Waals surface area contributed by atoms with E-state index in [0.29, 0.717) is 5.56 Å². The molecule has 2 rings (SSSR count). The smallest absolute Gasteiger partial charge is 0.253 e. The fraction of sp³-hybridized carbons (Fsp3) is 0.611. The van der Waals surface area contributed by atoms with Crippen molar-refractivity contribution in [3.8, 4) is 0 Å². The average molecular weight is 320 g/mol. The number of methoxy groups -OCH3 is 1. The first kappa shape index (κ1) is 17.9. The number of likely N-dealkylation sites (N-methyl/N-ethyl adjacent to an activating group) is 1. The van der Waals surface area contributed by atoms with Crippen LogP contribution in [-0.2, 0) is 11.3 Å². The first-order valence-corrected chi connectivity index (χ1v) is 8.15. The highest BCUT2D eigenvalue weighted by molar-refractivity contribution is 5.94. The van der Waals surface area contributed by atoms with Crippen molar-refractivity contribution in [3.63, 3.8) is 0 Å². The highest BCUT2D eigenvalue weighted by Crippen LogP contribution is 2.26. The van der Waals surface area contributed by atoms with Crippen molar-refractivity contribution in [1.82, 2.24) is 9.80 Å². The molecule has 1 fully saturated rings. The lowest BCUT2D eigenvalue weighted by Crippen LogP contribution is -2.52. The van der Waals surface area contributed by atoms with E-state index in [9.17, 15) is 9.90 Å². The molecule has 1 saturated carbocycles. The number of aliphatic hydroxyl groups excluding tert-OH is 1. The predicted molar refractivity (Wildman–Crippen MR) is 90.4 cm³/mol. The molecular formula is C18H28N2O3. The van der Waals surface area contributed by atoms with Crippen molar-refractivity contribution in [2.24, 2.45) is 0 Å². The van der Waals surface area contributed by atoms with E-state index in [1.54, 1.807) is 19.1 Å². The second-order valence-electron chi connectivity index (χ2n) is 6.61. The first-order valence-electron chi connectivity index (χ1n) is 8.15. The van der Waals surface area contributed by atoms with E-state index >= 15 is 0 Å². The molecule has 0 aromatic heterocycles. The maximum atomic E-state index is 12.7. The standard InChI is InChI=1S/C18H28N2O3/c1-19(2)12-13-8-10-14(11-9-13)18(22)20(3)15-6-5-7-16(23-4)17(15)21/h8-11,15-17,21H,5-7,12H2,1-4H3/t15-,16-,17-/m1/s1. The van der Waals surface area contributed by atoms with Gasteiger partial charge in [-0.1, -0.05) is 12.1 Å². The van der Waals surface area contributed by atoms with Crippen LogP contribution in [0.5, 0.6) is 0 Å². The molecule has 0 heterocycles. The Morgan fingerprint density at radius 2 is 1.87 bits per heavy atom. The van der Waals surface area contributed by atoms with Crippen LogP contribution in [-0.4, -0.2) is 67.3 Å². The number of hydrogen-bond donors (Lipinski definition) is 1. The fourth-order valence-corrected chi connectivity index (χ4v) is 3.27. The van der Waals surface area contributed by atoms with E-state index in [-0.39, 0.29) is 18.1 Å². The summed E-state index contributed by atoms with van der Waals surface area (Å²) in [5, 5.41) is 10.4. The monoisotopic (exact) mass is 320 g/mol. The zero-order valence-electron chi connectivity index (χ0n) is 14.5. The number of nitrogens with zero attached hydrogens (tertiary/aromatic N) is 2. The third-order valence-corrected chi connectivity index (χ3v) is 4.58. The van der Waals surface area contributed by atoms with E-state index in [2.05, 4.69) is 4.90 Å². The lowest BCUT2D eigenvalue weighted by atomic mass is 9.88. The summed E-state index contributed by atoms with van der Waals surface area (Å²) in [5.41, 5.74) is 1.83. The molecule has 5 nitrogen and oxygen atoms in total. The third kappa shape index (κ3) is 4.31. The molecule has 0 radical (unpaired) electrons. The Morgan fingerprint density at radius 1 is 1.22 bits per heavy atom. The number of hydrogen-bond acceptors (Lipinski definition) is 4. The minimum atomic E-state index is -0.629. The Balaban J connectivity index is 2.06. The molecule has 0 unspecified atom stereocenters. The molecule has 0 spiro atoms. The highest BCUT2D eigenvalue weighted by Gasteiger charge is 2.36. The van der Waals surface area contributed by atoms with Gasteiger partial charge in [-0.05, 0) is 51.1 Å². The second kappa shape index (κ2) is 7.90. The Labute approximate surface area is 138 Å². The number of carbonyl (C=O) groups excluding carboxylic acids is 1. The molecule has 128 valence electrons. The fourth-order valence-electron chi connectivity index (χ4n) is 3.27. The molecule has 1 N–H and O–H groups in total. The quantitative estimate of drug-likeness (QED) is 0.898. The molecule has 23 heavy (non-hydrogen) atoms. The first-order chi connectivity index (χ1) is 10.9. The summed E-state index contributed by atoms with van der Waals surface area (Å²) in [6.07, 6.45) is 1.79. The Kier molecular flexibility index (Phi) is 6.16.